The number of nitrogens with zero attached hydrogens (tertiary/aromatic N) is 4. The van der Waals surface area contributed by atoms with Crippen LogP contribution in [0.4, 0.5) is 5.69 Å². The summed E-state index contributed by atoms with van der Waals surface area (Å²) in [6, 6.07) is 20.0. The molecule has 28 heavy (non-hydrogen) atoms. The number of carbonyl (C=O) groups excluding carboxylic acids is 1. The third-order valence-corrected chi connectivity index (χ3v) is 4.86. The van der Waals surface area contributed by atoms with E-state index in [0.717, 1.165) is 11.3 Å². The van der Waals surface area contributed by atoms with E-state index < -0.39 is 0 Å². The molecule has 0 aliphatic carbocycles. The van der Waals surface area contributed by atoms with Crippen molar-refractivity contribution in [3.63, 3.8) is 0 Å². The molecule has 1 saturated heterocycles. The topological polar surface area (TPSA) is 74.3 Å². The Kier molecular flexibility index (Phi) is 5.63. The van der Waals surface area contributed by atoms with E-state index in [9.17, 15) is 4.79 Å². The highest BCUT2D eigenvalue weighted by Gasteiger charge is 2.31. The molecule has 1 aromatic heterocycles. The van der Waals surface area contributed by atoms with E-state index in [-0.39, 0.29) is 18.5 Å². The molecule has 7 nitrogen and oxygen atoms in total. The first-order chi connectivity index (χ1) is 13.8. The molecule has 0 radical (unpaired) electrons. The summed E-state index contributed by atoms with van der Waals surface area (Å²) >= 11 is 0. The van der Waals surface area contributed by atoms with E-state index in [1.807, 2.05) is 53.4 Å². The van der Waals surface area contributed by atoms with Gasteiger partial charge in [-0.1, -0.05) is 48.5 Å². The van der Waals surface area contributed by atoms with Gasteiger partial charge in [-0.05, 0) is 17.7 Å². The van der Waals surface area contributed by atoms with Crippen molar-refractivity contribution in [3.05, 3.63) is 78.4 Å². The molecule has 0 spiro atoms. The number of hydrogen-bond acceptors (Lipinski definition) is 5. The number of ether oxygens (including phenoxy) is 1. The summed E-state index contributed by atoms with van der Waals surface area (Å²) in [5.74, 6) is 0.701. The van der Waals surface area contributed by atoms with Crippen LogP contribution in [-0.2, 0) is 16.1 Å². The zero-order valence-electron chi connectivity index (χ0n) is 15.6. The molecule has 0 unspecified atom stereocenters. The monoisotopic (exact) mass is 377 g/mol. The number of nitrogens with one attached hydrogen (secondary N) is 1. The molecule has 1 N–H and O–H groups in total. The molecule has 2 heterocycles. The fourth-order valence-corrected chi connectivity index (χ4v) is 3.44. The Morgan fingerprint density at radius 3 is 2.61 bits per heavy atom. The molecular formula is C21H23N5O2. The molecule has 1 aliphatic rings. The highest BCUT2D eigenvalue weighted by molar-refractivity contribution is 5.82. The maximum Gasteiger partial charge on any atom is 0.242 e. The fourth-order valence-electron chi connectivity index (χ4n) is 3.44. The summed E-state index contributed by atoms with van der Waals surface area (Å²) in [6.07, 6.45) is 1.46. The molecule has 1 amide bonds. The van der Waals surface area contributed by atoms with E-state index >= 15 is 0 Å². The van der Waals surface area contributed by atoms with Gasteiger partial charge in [0.1, 0.15) is 18.2 Å². The lowest BCUT2D eigenvalue weighted by Crippen LogP contribution is -2.48. The standard InChI is InChI=1S/C21H23N5O2/c27-20(26-11-12-28-15-19(26)21-22-16-23-24-21)14-25(18-9-5-2-6-10-18)13-17-7-3-1-4-8-17/h1-10,16,19H,11-15H2,(H,22,23,24)/t19-/m0/s1. The van der Waals surface area contributed by atoms with Gasteiger partial charge >= 0.3 is 0 Å². The minimum atomic E-state index is -0.238. The Hall–Kier alpha value is -3.19. The Morgan fingerprint density at radius 1 is 1.14 bits per heavy atom. The van der Waals surface area contributed by atoms with Gasteiger partial charge in [0.2, 0.25) is 5.91 Å². The van der Waals surface area contributed by atoms with Crippen molar-refractivity contribution in [2.75, 3.05) is 31.2 Å². The first-order valence-electron chi connectivity index (χ1n) is 9.37. The minimum Gasteiger partial charge on any atom is -0.377 e. The lowest BCUT2D eigenvalue weighted by atomic mass is 10.1. The van der Waals surface area contributed by atoms with Gasteiger partial charge in [0.05, 0.1) is 19.8 Å². The Balaban J connectivity index is 1.54. The van der Waals surface area contributed by atoms with Gasteiger partial charge in [-0.2, -0.15) is 5.10 Å². The van der Waals surface area contributed by atoms with E-state index in [0.29, 0.717) is 32.1 Å². The summed E-state index contributed by atoms with van der Waals surface area (Å²) in [7, 11) is 0. The Bertz CT molecular complexity index is 870. The molecular weight excluding hydrogens is 354 g/mol. The second kappa shape index (κ2) is 8.67. The molecule has 0 saturated carbocycles. The van der Waals surface area contributed by atoms with Crippen LogP contribution < -0.4 is 4.90 Å². The summed E-state index contributed by atoms with van der Waals surface area (Å²) < 4.78 is 5.58. The van der Waals surface area contributed by atoms with Crippen molar-refractivity contribution in [1.82, 2.24) is 20.1 Å². The summed E-state index contributed by atoms with van der Waals surface area (Å²) in [5.41, 5.74) is 2.18. The van der Waals surface area contributed by atoms with Crippen LogP contribution in [0.3, 0.4) is 0 Å². The Labute approximate surface area is 164 Å². The molecule has 144 valence electrons. The zero-order chi connectivity index (χ0) is 19.2. The smallest absolute Gasteiger partial charge is 0.242 e. The van der Waals surface area contributed by atoms with Crippen LogP contribution in [0.15, 0.2) is 67.0 Å². The van der Waals surface area contributed by atoms with Gasteiger partial charge in [-0.3, -0.25) is 9.89 Å². The highest BCUT2D eigenvalue weighted by Crippen LogP contribution is 2.23. The number of rotatable bonds is 6. The van der Waals surface area contributed by atoms with Gasteiger partial charge in [0.15, 0.2) is 0 Å². The SMILES string of the molecule is O=C(CN(Cc1ccccc1)c1ccccc1)N1CCOC[C@H]1c1ncn[nH]1. The summed E-state index contributed by atoms with van der Waals surface area (Å²) in [6.45, 7) is 2.43. The number of anilines is 1. The normalized spacial score (nSPS) is 16.7. The lowest BCUT2D eigenvalue weighted by Gasteiger charge is -2.36. The predicted molar refractivity (Wildman–Crippen MR) is 106 cm³/mol. The number of amides is 1. The van der Waals surface area contributed by atoms with Crippen LogP contribution in [0.5, 0.6) is 0 Å². The number of H-pyrrole nitrogens is 1. The van der Waals surface area contributed by atoms with Crippen LogP contribution in [0, 0.1) is 0 Å². The van der Waals surface area contributed by atoms with Crippen molar-refractivity contribution >= 4 is 11.6 Å². The van der Waals surface area contributed by atoms with Crippen molar-refractivity contribution in [2.24, 2.45) is 0 Å². The zero-order valence-corrected chi connectivity index (χ0v) is 15.6. The van der Waals surface area contributed by atoms with E-state index in [4.69, 9.17) is 4.74 Å². The average Bonchev–Trinajstić information content (AvgIpc) is 3.29. The van der Waals surface area contributed by atoms with Gasteiger partial charge in [-0.25, -0.2) is 4.98 Å². The molecule has 1 atom stereocenters. The first kappa shape index (κ1) is 18.2. The number of aromatic amines is 1. The van der Waals surface area contributed by atoms with E-state index in [1.54, 1.807) is 0 Å². The van der Waals surface area contributed by atoms with Gasteiger partial charge < -0.3 is 14.5 Å². The molecule has 7 heteroatoms. The fraction of sp³-hybridized carbons (Fsp3) is 0.286. The second-order valence-corrected chi connectivity index (χ2v) is 6.73. The van der Waals surface area contributed by atoms with Crippen LogP contribution >= 0.6 is 0 Å². The number of aromatic nitrogens is 3. The molecule has 2 aromatic carbocycles. The largest absolute Gasteiger partial charge is 0.377 e. The van der Waals surface area contributed by atoms with Crippen LogP contribution in [0.25, 0.3) is 0 Å². The van der Waals surface area contributed by atoms with Crippen LogP contribution in [-0.4, -0.2) is 52.3 Å². The molecule has 0 bridgehead atoms. The third kappa shape index (κ3) is 4.20. The predicted octanol–water partition coefficient (Wildman–Crippen LogP) is 2.41. The second-order valence-electron chi connectivity index (χ2n) is 6.73. The van der Waals surface area contributed by atoms with Crippen molar-refractivity contribution in [1.29, 1.82) is 0 Å². The maximum absolute atomic E-state index is 13.2. The van der Waals surface area contributed by atoms with Crippen molar-refractivity contribution in [2.45, 2.75) is 12.6 Å². The van der Waals surface area contributed by atoms with Gasteiger partial charge in [0, 0.05) is 18.8 Å². The summed E-state index contributed by atoms with van der Waals surface area (Å²) in [5, 5.41) is 6.78. The lowest BCUT2D eigenvalue weighted by molar-refractivity contribution is -0.139. The number of carbonyl (C=O) groups is 1. The maximum atomic E-state index is 13.2. The number of hydrogen-bond donors (Lipinski definition) is 1. The minimum absolute atomic E-state index is 0.0458. The molecule has 1 aliphatic heterocycles. The van der Waals surface area contributed by atoms with Crippen molar-refractivity contribution in [3.8, 4) is 0 Å². The van der Waals surface area contributed by atoms with Crippen molar-refractivity contribution < 1.29 is 9.53 Å². The molecule has 1 fully saturated rings. The van der Waals surface area contributed by atoms with Crippen LogP contribution in [0.1, 0.15) is 17.4 Å². The highest BCUT2D eigenvalue weighted by atomic mass is 16.5. The molecule has 3 aromatic rings. The Morgan fingerprint density at radius 2 is 1.89 bits per heavy atom. The molecule has 4 rings (SSSR count). The summed E-state index contributed by atoms with van der Waals surface area (Å²) in [4.78, 5) is 21.4. The van der Waals surface area contributed by atoms with E-state index in [1.165, 1.54) is 6.33 Å². The first-order valence-corrected chi connectivity index (χ1v) is 9.37. The van der Waals surface area contributed by atoms with Gasteiger partial charge in [-0.15, -0.1) is 0 Å². The quantitative estimate of drug-likeness (QED) is 0.714. The average molecular weight is 377 g/mol. The number of para-hydroxylation sites is 1. The number of morpholine rings is 1. The van der Waals surface area contributed by atoms with E-state index in [2.05, 4.69) is 32.2 Å². The number of benzene rings is 2. The third-order valence-electron chi connectivity index (χ3n) is 4.86. The van der Waals surface area contributed by atoms with Gasteiger partial charge in [0.25, 0.3) is 0 Å². The van der Waals surface area contributed by atoms with Crippen LogP contribution in [0.2, 0.25) is 0 Å².